The van der Waals surface area contributed by atoms with Crippen LogP contribution in [0.5, 0.6) is 0 Å². The third kappa shape index (κ3) is 3.99. The van der Waals surface area contributed by atoms with Gasteiger partial charge in [-0.15, -0.1) is 0 Å². The first kappa shape index (κ1) is 13.4. The summed E-state index contributed by atoms with van der Waals surface area (Å²) in [5, 5.41) is 22.3. The molecule has 1 aromatic rings. The van der Waals surface area contributed by atoms with Crippen LogP contribution in [0.25, 0.3) is 10.4 Å². The van der Waals surface area contributed by atoms with Crippen molar-refractivity contribution in [1.82, 2.24) is 0 Å². The lowest BCUT2D eigenvalue weighted by Gasteiger charge is -2.17. The number of nitrogens with zero attached hydrogens (tertiary/aromatic N) is 3. The summed E-state index contributed by atoms with van der Waals surface area (Å²) in [6.07, 6.45) is -2.67. The summed E-state index contributed by atoms with van der Waals surface area (Å²) in [5.74, 6) is -1.66. The lowest BCUT2D eigenvalue weighted by atomic mass is 10.0. The second-order valence-corrected chi connectivity index (χ2v) is 3.46. The Labute approximate surface area is 95.9 Å². The van der Waals surface area contributed by atoms with Crippen molar-refractivity contribution in [3.63, 3.8) is 0 Å². The number of halogens is 2. The van der Waals surface area contributed by atoms with Crippen molar-refractivity contribution >= 4 is 0 Å². The van der Waals surface area contributed by atoms with Gasteiger partial charge in [-0.25, -0.2) is 8.78 Å². The smallest absolute Gasteiger partial charge is 0.126 e. The molecular formula is C10H11F2N3O2. The van der Waals surface area contributed by atoms with Crippen LogP contribution in [-0.4, -0.2) is 22.9 Å². The molecule has 7 heteroatoms. The third-order valence-corrected chi connectivity index (χ3v) is 2.18. The largest absolute Gasteiger partial charge is 0.390 e. The molecule has 0 bridgehead atoms. The molecule has 5 nitrogen and oxygen atoms in total. The van der Waals surface area contributed by atoms with E-state index in [2.05, 4.69) is 10.0 Å². The van der Waals surface area contributed by atoms with E-state index in [0.29, 0.717) is 6.07 Å². The molecule has 1 aromatic carbocycles. The van der Waals surface area contributed by atoms with Crippen LogP contribution in [0.1, 0.15) is 18.1 Å². The van der Waals surface area contributed by atoms with Crippen molar-refractivity contribution in [2.24, 2.45) is 5.11 Å². The highest BCUT2D eigenvalue weighted by atomic mass is 19.1. The summed E-state index contributed by atoms with van der Waals surface area (Å²) < 4.78 is 25.7. The van der Waals surface area contributed by atoms with Crippen LogP contribution in [0.4, 0.5) is 8.78 Å². The Hall–Kier alpha value is -1.69. The van der Waals surface area contributed by atoms with Gasteiger partial charge in [0.2, 0.25) is 0 Å². The molecule has 2 N–H and O–H groups in total. The minimum Gasteiger partial charge on any atom is -0.390 e. The fourth-order valence-electron chi connectivity index (χ4n) is 1.36. The average molecular weight is 243 g/mol. The summed E-state index contributed by atoms with van der Waals surface area (Å²) in [6, 6.07) is 2.54. The summed E-state index contributed by atoms with van der Waals surface area (Å²) in [5.41, 5.74) is 7.96. The Morgan fingerprint density at radius 2 is 1.82 bits per heavy atom. The highest BCUT2D eigenvalue weighted by Crippen LogP contribution is 2.21. The molecule has 1 rings (SSSR count). The third-order valence-electron chi connectivity index (χ3n) is 2.18. The van der Waals surface area contributed by atoms with Crippen LogP contribution < -0.4 is 0 Å². The average Bonchev–Trinajstić information content (AvgIpc) is 2.27. The van der Waals surface area contributed by atoms with Gasteiger partial charge in [-0.05, 0) is 29.6 Å². The maximum absolute atomic E-state index is 12.9. The normalized spacial score (nSPS) is 13.9. The standard InChI is InChI=1S/C10H11F2N3O2/c11-7-3-6(4-8(12)5-7)10(17)9(16)1-2-14-15-13/h3-5,9-10,16-17H,1-2H2. The lowest BCUT2D eigenvalue weighted by Crippen LogP contribution is -2.19. The Kier molecular flexibility index (Phi) is 4.84. The number of rotatable bonds is 5. The van der Waals surface area contributed by atoms with Crippen LogP contribution in [0, 0.1) is 11.6 Å². The summed E-state index contributed by atoms with van der Waals surface area (Å²) in [7, 11) is 0. The van der Waals surface area contributed by atoms with Crippen molar-refractivity contribution in [3.05, 3.63) is 45.8 Å². The Bertz CT molecular complexity index is 415. The molecule has 0 aromatic heterocycles. The van der Waals surface area contributed by atoms with Gasteiger partial charge in [0.15, 0.2) is 0 Å². The summed E-state index contributed by atoms with van der Waals surface area (Å²) >= 11 is 0. The van der Waals surface area contributed by atoms with Gasteiger partial charge in [-0.3, -0.25) is 0 Å². The number of hydrogen-bond donors (Lipinski definition) is 2. The molecule has 0 amide bonds. The van der Waals surface area contributed by atoms with E-state index in [1.165, 1.54) is 0 Å². The number of aliphatic hydroxyl groups is 2. The molecular weight excluding hydrogens is 232 g/mol. The number of azide groups is 1. The summed E-state index contributed by atoms with van der Waals surface area (Å²) in [4.78, 5) is 2.48. The highest BCUT2D eigenvalue weighted by molar-refractivity contribution is 5.21. The van der Waals surface area contributed by atoms with Gasteiger partial charge < -0.3 is 10.2 Å². The molecule has 0 spiro atoms. The van der Waals surface area contributed by atoms with Crippen molar-refractivity contribution in [2.75, 3.05) is 6.54 Å². The van der Waals surface area contributed by atoms with E-state index in [1.54, 1.807) is 0 Å². The maximum Gasteiger partial charge on any atom is 0.126 e. The molecule has 0 aliphatic carbocycles. The molecule has 0 aliphatic heterocycles. The Morgan fingerprint density at radius 3 is 2.35 bits per heavy atom. The van der Waals surface area contributed by atoms with Crippen molar-refractivity contribution in [2.45, 2.75) is 18.6 Å². The first-order chi connectivity index (χ1) is 8.04. The molecule has 2 unspecified atom stereocenters. The van der Waals surface area contributed by atoms with Gasteiger partial charge in [0.05, 0.1) is 6.10 Å². The molecule has 92 valence electrons. The molecule has 0 heterocycles. The molecule has 0 saturated carbocycles. The predicted octanol–water partition coefficient (Wildman–Crippen LogP) is 2.06. The van der Waals surface area contributed by atoms with Crippen LogP contribution in [0.3, 0.4) is 0 Å². The van der Waals surface area contributed by atoms with E-state index in [4.69, 9.17) is 5.53 Å². The molecule has 0 radical (unpaired) electrons. The molecule has 2 atom stereocenters. The van der Waals surface area contributed by atoms with Crippen LogP contribution in [0.15, 0.2) is 23.3 Å². The SMILES string of the molecule is [N-]=[N+]=NCCC(O)C(O)c1cc(F)cc(F)c1. The minimum atomic E-state index is -1.42. The van der Waals surface area contributed by atoms with Gasteiger partial charge in [0.1, 0.15) is 17.7 Å². The zero-order valence-electron chi connectivity index (χ0n) is 8.79. The van der Waals surface area contributed by atoms with Gasteiger partial charge in [-0.2, -0.15) is 0 Å². The Balaban J connectivity index is 2.73. The van der Waals surface area contributed by atoms with E-state index in [9.17, 15) is 19.0 Å². The fourth-order valence-corrected chi connectivity index (χ4v) is 1.36. The quantitative estimate of drug-likeness (QED) is 0.471. The van der Waals surface area contributed by atoms with Gasteiger partial charge in [0, 0.05) is 17.5 Å². The zero-order chi connectivity index (χ0) is 12.8. The minimum absolute atomic E-state index is 0.00333. The van der Waals surface area contributed by atoms with E-state index in [1.807, 2.05) is 0 Å². The number of benzene rings is 1. The number of hydrogen-bond acceptors (Lipinski definition) is 3. The predicted molar refractivity (Wildman–Crippen MR) is 56.0 cm³/mol. The van der Waals surface area contributed by atoms with E-state index < -0.39 is 23.8 Å². The van der Waals surface area contributed by atoms with Gasteiger partial charge in [-0.1, -0.05) is 5.11 Å². The molecule has 0 fully saturated rings. The zero-order valence-corrected chi connectivity index (χ0v) is 8.79. The van der Waals surface area contributed by atoms with E-state index in [-0.39, 0.29) is 18.5 Å². The van der Waals surface area contributed by atoms with Crippen molar-refractivity contribution in [3.8, 4) is 0 Å². The highest BCUT2D eigenvalue weighted by Gasteiger charge is 2.19. The van der Waals surface area contributed by atoms with Gasteiger partial charge in [0.25, 0.3) is 0 Å². The van der Waals surface area contributed by atoms with Crippen molar-refractivity contribution < 1.29 is 19.0 Å². The topological polar surface area (TPSA) is 89.2 Å². The van der Waals surface area contributed by atoms with Crippen LogP contribution >= 0.6 is 0 Å². The monoisotopic (exact) mass is 243 g/mol. The fraction of sp³-hybridized carbons (Fsp3) is 0.400. The molecule has 17 heavy (non-hydrogen) atoms. The Morgan fingerprint density at radius 1 is 1.24 bits per heavy atom. The molecule has 0 aliphatic rings. The lowest BCUT2D eigenvalue weighted by molar-refractivity contribution is 0.0147. The van der Waals surface area contributed by atoms with E-state index >= 15 is 0 Å². The second kappa shape index (κ2) is 6.15. The molecule has 0 saturated heterocycles. The van der Waals surface area contributed by atoms with Crippen molar-refractivity contribution in [1.29, 1.82) is 0 Å². The van der Waals surface area contributed by atoms with Crippen LogP contribution in [-0.2, 0) is 0 Å². The maximum atomic E-state index is 12.9. The second-order valence-electron chi connectivity index (χ2n) is 3.46. The van der Waals surface area contributed by atoms with Crippen LogP contribution in [0.2, 0.25) is 0 Å². The van der Waals surface area contributed by atoms with Gasteiger partial charge >= 0.3 is 0 Å². The first-order valence-electron chi connectivity index (χ1n) is 4.87. The van der Waals surface area contributed by atoms with E-state index in [0.717, 1.165) is 12.1 Å². The number of aliphatic hydroxyl groups excluding tert-OH is 2. The summed E-state index contributed by atoms with van der Waals surface area (Å²) in [6.45, 7) is -0.00742. The first-order valence-corrected chi connectivity index (χ1v) is 4.87.